The molecule has 2 aromatic rings. The van der Waals surface area contributed by atoms with Crippen molar-refractivity contribution in [2.75, 3.05) is 0 Å². The number of carbonyl (C=O) groups is 2. The number of hydrogen-bond donors (Lipinski definition) is 0. The van der Waals surface area contributed by atoms with Crippen molar-refractivity contribution in [2.24, 2.45) is 0 Å². The van der Waals surface area contributed by atoms with Crippen molar-refractivity contribution in [2.45, 2.75) is 0 Å². The quantitative estimate of drug-likeness (QED) is 0.685. The van der Waals surface area contributed by atoms with E-state index < -0.39 is 11.6 Å². The van der Waals surface area contributed by atoms with Gasteiger partial charge in [-0.3, -0.25) is 9.59 Å². The number of hydrogen-bond acceptors (Lipinski definition) is 2. The second-order valence-corrected chi connectivity index (χ2v) is 5.31. The lowest BCUT2D eigenvalue weighted by molar-refractivity contribution is 0.0825. The maximum absolute atomic E-state index is 11.7. The summed E-state index contributed by atoms with van der Waals surface area (Å²) < 4.78 is 1.75. The second kappa shape index (κ2) is 3.25. The maximum Gasteiger partial charge on any atom is 0.234 e. The van der Waals surface area contributed by atoms with Crippen molar-refractivity contribution in [3.63, 3.8) is 0 Å². The Bertz CT molecular complexity index is 620. The zero-order valence-corrected chi connectivity index (χ0v) is 11.1. The second-order valence-electron chi connectivity index (χ2n) is 3.60. The SMILES string of the molecule is O=C1C(=O)c2ccc(Br)c3c(Br)ccc1c23. The summed E-state index contributed by atoms with van der Waals surface area (Å²) in [6.07, 6.45) is 0. The van der Waals surface area contributed by atoms with Crippen molar-refractivity contribution >= 4 is 54.2 Å². The van der Waals surface area contributed by atoms with Crippen LogP contribution < -0.4 is 0 Å². The van der Waals surface area contributed by atoms with E-state index in [-0.39, 0.29) is 0 Å². The molecule has 0 N–H and O–H groups in total. The van der Waals surface area contributed by atoms with Crippen molar-refractivity contribution in [1.82, 2.24) is 0 Å². The zero-order valence-electron chi connectivity index (χ0n) is 7.88. The van der Waals surface area contributed by atoms with Crippen LogP contribution in [0.25, 0.3) is 10.8 Å². The van der Waals surface area contributed by atoms with Crippen LogP contribution in [0.3, 0.4) is 0 Å². The van der Waals surface area contributed by atoms with Crippen LogP contribution in [-0.2, 0) is 0 Å². The molecule has 0 saturated heterocycles. The van der Waals surface area contributed by atoms with Gasteiger partial charge in [-0.1, -0.05) is 31.9 Å². The van der Waals surface area contributed by atoms with E-state index in [0.29, 0.717) is 11.1 Å². The fraction of sp³-hybridized carbons (Fsp3) is 0. The normalized spacial score (nSPS) is 13.9. The van der Waals surface area contributed by atoms with Crippen molar-refractivity contribution in [1.29, 1.82) is 0 Å². The van der Waals surface area contributed by atoms with Crippen LogP contribution in [0.15, 0.2) is 33.2 Å². The molecule has 2 nitrogen and oxygen atoms in total. The van der Waals surface area contributed by atoms with Gasteiger partial charge in [-0.05, 0) is 24.3 Å². The average Bonchev–Trinajstić information content (AvgIpc) is 2.50. The van der Waals surface area contributed by atoms with E-state index in [1.807, 2.05) is 0 Å². The molecule has 0 aromatic heterocycles. The number of rotatable bonds is 0. The van der Waals surface area contributed by atoms with Gasteiger partial charge < -0.3 is 0 Å². The molecule has 2 aromatic carbocycles. The first-order valence-corrected chi connectivity index (χ1v) is 6.19. The largest absolute Gasteiger partial charge is 0.285 e. The molecular weight excluding hydrogens is 336 g/mol. The lowest BCUT2D eigenvalue weighted by Gasteiger charge is -2.04. The highest BCUT2D eigenvalue weighted by Gasteiger charge is 2.31. The van der Waals surface area contributed by atoms with Crippen LogP contribution in [0, 0.1) is 0 Å². The van der Waals surface area contributed by atoms with Gasteiger partial charge in [0.2, 0.25) is 11.6 Å². The van der Waals surface area contributed by atoms with Gasteiger partial charge >= 0.3 is 0 Å². The molecule has 0 radical (unpaired) electrons. The third-order valence-electron chi connectivity index (χ3n) is 2.75. The van der Waals surface area contributed by atoms with E-state index in [0.717, 1.165) is 19.7 Å². The summed E-state index contributed by atoms with van der Waals surface area (Å²) in [4.78, 5) is 23.4. The smallest absolute Gasteiger partial charge is 0.234 e. The maximum atomic E-state index is 11.7. The van der Waals surface area contributed by atoms with E-state index in [2.05, 4.69) is 31.9 Å². The Kier molecular flexibility index (Phi) is 2.06. The highest BCUT2D eigenvalue weighted by atomic mass is 79.9. The molecule has 0 fully saturated rings. The van der Waals surface area contributed by atoms with Gasteiger partial charge in [0.25, 0.3) is 0 Å². The summed E-state index contributed by atoms with van der Waals surface area (Å²) in [7, 11) is 0. The Morgan fingerprint density at radius 2 is 1.12 bits per heavy atom. The molecule has 0 atom stereocenters. The van der Waals surface area contributed by atoms with Gasteiger partial charge in [-0.25, -0.2) is 0 Å². The predicted octanol–water partition coefficient (Wildman–Crippen LogP) is 3.74. The molecule has 0 unspecified atom stereocenters. The van der Waals surface area contributed by atoms with Gasteiger partial charge in [-0.15, -0.1) is 0 Å². The summed E-state index contributed by atoms with van der Waals surface area (Å²) in [5, 5.41) is 1.63. The molecule has 1 aliphatic rings. The van der Waals surface area contributed by atoms with Crippen molar-refractivity contribution < 1.29 is 9.59 Å². The molecule has 0 saturated carbocycles. The van der Waals surface area contributed by atoms with Crippen LogP contribution in [0.2, 0.25) is 0 Å². The highest BCUT2D eigenvalue weighted by Crippen LogP contribution is 2.39. The molecule has 0 heterocycles. The third-order valence-corrected chi connectivity index (χ3v) is 4.08. The number of Topliss-reactive ketones (excluding diaryl/α,β-unsaturated/α-hetero) is 2. The van der Waals surface area contributed by atoms with E-state index in [1.165, 1.54) is 0 Å². The first-order valence-electron chi connectivity index (χ1n) is 4.61. The van der Waals surface area contributed by atoms with Gasteiger partial charge in [0, 0.05) is 30.8 Å². The standard InChI is InChI=1S/C12H4Br2O2/c13-7-3-1-5-9-6(12(16)11(5)15)2-4-8(14)10(7)9/h1-4H. The molecule has 4 heteroatoms. The molecule has 1 aliphatic carbocycles. The van der Waals surface area contributed by atoms with Gasteiger partial charge in [-0.2, -0.15) is 0 Å². The van der Waals surface area contributed by atoms with Gasteiger partial charge in [0.1, 0.15) is 0 Å². The van der Waals surface area contributed by atoms with Crippen LogP contribution in [-0.4, -0.2) is 11.6 Å². The van der Waals surface area contributed by atoms with Crippen LogP contribution >= 0.6 is 31.9 Å². The Morgan fingerprint density at radius 3 is 1.56 bits per heavy atom. The monoisotopic (exact) mass is 338 g/mol. The molecular formula is C12H4Br2O2. The highest BCUT2D eigenvalue weighted by molar-refractivity contribution is 9.11. The number of ketones is 2. The summed E-state index contributed by atoms with van der Waals surface area (Å²) in [6, 6.07) is 6.97. The molecule has 0 bridgehead atoms. The Labute approximate surface area is 108 Å². The van der Waals surface area contributed by atoms with Gasteiger partial charge in [0.05, 0.1) is 0 Å². The Hall–Kier alpha value is -1.00. The summed E-state index contributed by atoms with van der Waals surface area (Å²) >= 11 is 6.86. The average molecular weight is 340 g/mol. The van der Waals surface area contributed by atoms with Crippen molar-refractivity contribution in [3.05, 3.63) is 44.3 Å². The Morgan fingerprint density at radius 1 is 0.688 bits per heavy atom. The topological polar surface area (TPSA) is 34.1 Å². The first-order chi connectivity index (χ1) is 7.61. The summed E-state index contributed by atoms with van der Waals surface area (Å²) in [6.45, 7) is 0. The number of carbonyl (C=O) groups excluding carboxylic acids is 2. The molecule has 0 aliphatic heterocycles. The van der Waals surface area contributed by atoms with E-state index in [4.69, 9.17) is 0 Å². The van der Waals surface area contributed by atoms with E-state index >= 15 is 0 Å². The zero-order chi connectivity index (χ0) is 11.4. The molecule has 0 spiro atoms. The minimum Gasteiger partial charge on any atom is -0.285 e. The first kappa shape index (κ1) is 10.2. The lowest BCUT2D eigenvalue weighted by atomic mass is 10.1. The minimum absolute atomic E-state index is 0.411. The summed E-state index contributed by atoms with van der Waals surface area (Å²) in [5.41, 5.74) is 0.999. The fourth-order valence-electron chi connectivity index (χ4n) is 2.04. The molecule has 78 valence electrons. The lowest BCUT2D eigenvalue weighted by Crippen LogP contribution is -2.05. The third kappa shape index (κ3) is 1.11. The fourth-order valence-corrected chi connectivity index (χ4v) is 3.39. The minimum atomic E-state index is -0.411. The van der Waals surface area contributed by atoms with E-state index in [1.54, 1.807) is 24.3 Å². The number of halogens is 2. The van der Waals surface area contributed by atoms with Crippen LogP contribution in [0.1, 0.15) is 20.7 Å². The van der Waals surface area contributed by atoms with Crippen LogP contribution in [0.5, 0.6) is 0 Å². The van der Waals surface area contributed by atoms with Crippen molar-refractivity contribution in [3.8, 4) is 0 Å². The predicted molar refractivity (Wildman–Crippen MR) is 68.0 cm³/mol. The Balaban J connectivity index is 2.64. The van der Waals surface area contributed by atoms with E-state index in [9.17, 15) is 9.59 Å². The summed E-state index contributed by atoms with van der Waals surface area (Å²) in [5.74, 6) is -0.823. The van der Waals surface area contributed by atoms with Gasteiger partial charge in [0.15, 0.2) is 0 Å². The van der Waals surface area contributed by atoms with Crippen LogP contribution in [0.4, 0.5) is 0 Å². The molecule has 0 amide bonds. The molecule has 16 heavy (non-hydrogen) atoms. The number of benzene rings is 2. The molecule has 3 rings (SSSR count).